The summed E-state index contributed by atoms with van der Waals surface area (Å²) in [7, 11) is 0. The van der Waals surface area contributed by atoms with Gasteiger partial charge in [0.15, 0.2) is 0 Å². The van der Waals surface area contributed by atoms with Crippen LogP contribution in [0.25, 0.3) is 0 Å². The Hall–Kier alpha value is -0.160. The third-order valence-corrected chi connectivity index (χ3v) is 3.78. The lowest BCUT2D eigenvalue weighted by atomic mass is 9.98. The number of ether oxygens (including phenoxy) is 2. The van der Waals surface area contributed by atoms with Gasteiger partial charge >= 0.3 is 0 Å². The molecule has 0 aromatic carbocycles. The molecule has 0 amide bonds. The van der Waals surface area contributed by atoms with E-state index in [9.17, 15) is 5.11 Å². The zero-order chi connectivity index (χ0) is 12.1. The zero-order valence-corrected chi connectivity index (χ0v) is 10.8. The van der Waals surface area contributed by atoms with Gasteiger partial charge in [0.2, 0.25) is 0 Å². The van der Waals surface area contributed by atoms with Gasteiger partial charge in [-0.15, -0.1) is 0 Å². The van der Waals surface area contributed by atoms with E-state index in [2.05, 4.69) is 12.2 Å². The van der Waals surface area contributed by atoms with Gasteiger partial charge in [-0.1, -0.05) is 13.3 Å². The molecule has 0 radical (unpaired) electrons. The van der Waals surface area contributed by atoms with E-state index in [4.69, 9.17) is 9.47 Å². The van der Waals surface area contributed by atoms with Crippen molar-refractivity contribution in [3.8, 4) is 0 Å². The average Bonchev–Trinajstić information content (AvgIpc) is 2.76. The van der Waals surface area contributed by atoms with Crippen LogP contribution in [-0.4, -0.2) is 49.2 Å². The predicted molar refractivity (Wildman–Crippen MR) is 66.1 cm³/mol. The minimum atomic E-state index is -0.640. The van der Waals surface area contributed by atoms with Crippen molar-refractivity contribution in [3.63, 3.8) is 0 Å². The molecule has 2 saturated heterocycles. The van der Waals surface area contributed by atoms with E-state index in [0.717, 1.165) is 32.3 Å². The normalized spacial score (nSPS) is 38.5. The maximum absolute atomic E-state index is 10.2. The number of hydrogen-bond donors (Lipinski definition) is 2. The Morgan fingerprint density at radius 2 is 2.29 bits per heavy atom. The second-order valence-electron chi connectivity index (χ2n) is 5.41. The summed E-state index contributed by atoms with van der Waals surface area (Å²) in [4.78, 5) is 0. The summed E-state index contributed by atoms with van der Waals surface area (Å²) >= 11 is 0. The fourth-order valence-electron chi connectivity index (χ4n) is 2.66. The molecule has 0 aromatic heterocycles. The molecule has 4 nitrogen and oxygen atoms in total. The third-order valence-electron chi connectivity index (χ3n) is 3.78. The Labute approximate surface area is 104 Å². The highest BCUT2D eigenvalue weighted by atomic mass is 16.5. The molecule has 2 aliphatic heterocycles. The second kappa shape index (κ2) is 6.14. The van der Waals surface area contributed by atoms with Gasteiger partial charge in [0.1, 0.15) is 5.60 Å². The zero-order valence-electron chi connectivity index (χ0n) is 10.8. The van der Waals surface area contributed by atoms with Crippen molar-refractivity contribution in [2.45, 2.75) is 56.8 Å². The van der Waals surface area contributed by atoms with Gasteiger partial charge in [-0.3, -0.25) is 0 Å². The SMILES string of the molecule is CCCC1CC(NCC2(O)CCOC2)CCO1. The average molecular weight is 243 g/mol. The second-order valence-corrected chi connectivity index (χ2v) is 5.41. The highest BCUT2D eigenvalue weighted by molar-refractivity contribution is 4.87. The summed E-state index contributed by atoms with van der Waals surface area (Å²) in [5, 5.41) is 13.7. The molecule has 17 heavy (non-hydrogen) atoms. The van der Waals surface area contributed by atoms with Crippen LogP contribution in [0.5, 0.6) is 0 Å². The van der Waals surface area contributed by atoms with E-state index in [1.165, 1.54) is 6.42 Å². The van der Waals surface area contributed by atoms with Gasteiger partial charge < -0.3 is 19.9 Å². The first-order valence-corrected chi connectivity index (χ1v) is 6.87. The predicted octanol–water partition coefficient (Wildman–Crippen LogP) is 1.08. The van der Waals surface area contributed by atoms with Gasteiger partial charge in [0.25, 0.3) is 0 Å². The molecule has 0 saturated carbocycles. The van der Waals surface area contributed by atoms with Crippen LogP contribution in [0.3, 0.4) is 0 Å². The van der Waals surface area contributed by atoms with E-state index in [0.29, 0.717) is 31.9 Å². The summed E-state index contributed by atoms with van der Waals surface area (Å²) < 4.78 is 11.0. The molecule has 0 bridgehead atoms. The first-order chi connectivity index (χ1) is 8.22. The van der Waals surface area contributed by atoms with Crippen LogP contribution in [0.4, 0.5) is 0 Å². The molecular weight excluding hydrogens is 218 g/mol. The van der Waals surface area contributed by atoms with E-state index >= 15 is 0 Å². The Morgan fingerprint density at radius 3 is 3.00 bits per heavy atom. The molecule has 2 aliphatic rings. The van der Waals surface area contributed by atoms with E-state index in [-0.39, 0.29) is 0 Å². The van der Waals surface area contributed by atoms with E-state index in [1.54, 1.807) is 0 Å². The summed E-state index contributed by atoms with van der Waals surface area (Å²) in [5.74, 6) is 0. The maximum atomic E-state index is 10.2. The van der Waals surface area contributed by atoms with Gasteiger partial charge in [-0.2, -0.15) is 0 Å². The van der Waals surface area contributed by atoms with E-state index < -0.39 is 5.60 Å². The molecule has 2 N–H and O–H groups in total. The quantitative estimate of drug-likeness (QED) is 0.758. The van der Waals surface area contributed by atoms with Crippen LogP contribution in [0, 0.1) is 0 Å². The standard InChI is InChI=1S/C13H25NO3/c1-2-3-12-8-11(4-6-17-12)14-9-13(15)5-7-16-10-13/h11-12,14-15H,2-10H2,1H3. The molecule has 3 atom stereocenters. The molecule has 3 unspecified atom stereocenters. The van der Waals surface area contributed by atoms with E-state index in [1.807, 2.05) is 0 Å². The van der Waals surface area contributed by atoms with Crippen molar-refractivity contribution >= 4 is 0 Å². The first kappa shape index (κ1) is 13.3. The highest BCUT2D eigenvalue weighted by Crippen LogP contribution is 2.21. The lowest BCUT2D eigenvalue weighted by Gasteiger charge is -2.32. The minimum absolute atomic E-state index is 0.403. The summed E-state index contributed by atoms with van der Waals surface area (Å²) in [6.45, 7) is 4.85. The van der Waals surface area contributed by atoms with Crippen LogP contribution in [-0.2, 0) is 9.47 Å². The number of nitrogens with one attached hydrogen (secondary N) is 1. The first-order valence-electron chi connectivity index (χ1n) is 6.87. The molecule has 0 aromatic rings. The Morgan fingerprint density at radius 1 is 1.41 bits per heavy atom. The topological polar surface area (TPSA) is 50.7 Å². The molecule has 2 heterocycles. The van der Waals surface area contributed by atoms with Crippen molar-refractivity contribution in [3.05, 3.63) is 0 Å². The van der Waals surface area contributed by atoms with Gasteiger partial charge in [0, 0.05) is 32.2 Å². The molecule has 0 spiro atoms. The van der Waals surface area contributed by atoms with Crippen molar-refractivity contribution < 1.29 is 14.6 Å². The summed E-state index contributed by atoms with van der Waals surface area (Å²) in [5.41, 5.74) is -0.640. The summed E-state index contributed by atoms with van der Waals surface area (Å²) in [6, 6.07) is 0.491. The van der Waals surface area contributed by atoms with Crippen LogP contribution < -0.4 is 5.32 Å². The Kier molecular flexibility index (Phi) is 4.79. The largest absolute Gasteiger partial charge is 0.386 e. The maximum Gasteiger partial charge on any atom is 0.102 e. The number of rotatable bonds is 5. The fourth-order valence-corrected chi connectivity index (χ4v) is 2.66. The lowest BCUT2D eigenvalue weighted by molar-refractivity contribution is -0.0140. The number of hydrogen-bond acceptors (Lipinski definition) is 4. The molecule has 2 rings (SSSR count). The molecule has 100 valence electrons. The Bertz CT molecular complexity index is 227. The summed E-state index contributed by atoms with van der Waals surface area (Å²) in [6.07, 6.45) is 5.60. The van der Waals surface area contributed by atoms with Gasteiger partial charge in [-0.25, -0.2) is 0 Å². The Balaban J connectivity index is 1.71. The third kappa shape index (κ3) is 3.91. The number of aliphatic hydroxyl groups is 1. The monoisotopic (exact) mass is 243 g/mol. The van der Waals surface area contributed by atoms with Gasteiger partial charge in [-0.05, 0) is 19.3 Å². The molecular formula is C13H25NO3. The molecule has 4 heteroatoms. The lowest BCUT2D eigenvalue weighted by Crippen LogP contribution is -2.47. The molecule has 2 fully saturated rings. The minimum Gasteiger partial charge on any atom is -0.386 e. The van der Waals surface area contributed by atoms with Crippen molar-refractivity contribution in [1.29, 1.82) is 0 Å². The molecule has 0 aliphatic carbocycles. The van der Waals surface area contributed by atoms with Crippen molar-refractivity contribution in [2.75, 3.05) is 26.4 Å². The fraction of sp³-hybridized carbons (Fsp3) is 1.00. The van der Waals surface area contributed by atoms with Crippen LogP contribution in [0.2, 0.25) is 0 Å². The van der Waals surface area contributed by atoms with Crippen LogP contribution in [0.15, 0.2) is 0 Å². The van der Waals surface area contributed by atoms with Crippen LogP contribution in [0.1, 0.15) is 39.0 Å². The van der Waals surface area contributed by atoms with Gasteiger partial charge in [0.05, 0.1) is 12.7 Å². The highest BCUT2D eigenvalue weighted by Gasteiger charge is 2.33. The van der Waals surface area contributed by atoms with Crippen molar-refractivity contribution in [1.82, 2.24) is 5.32 Å². The van der Waals surface area contributed by atoms with Crippen molar-refractivity contribution in [2.24, 2.45) is 0 Å². The smallest absolute Gasteiger partial charge is 0.102 e. The van der Waals surface area contributed by atoms with Crippen LogP contribution >= 0.6 is 0 Å².